The Bertz CT molecular complexity index is 1380. The largest absolute Gasteiger partial charge is 0.507 e. The number of phenols is 1. The summed E-state index contributed by atoms with van der Waals surface area (Å²) in [5.74, 6) is -0.395. The van der Waals surface area contributed by atoms with Crippen molar-refractivity contribution in [1.82, 2.24) is 4.57 Å². The topological polar surface area (TPSA) is 80.9 Å². The molecular weight excluding hydrogens is 444 g/mol. The van der Waals surface area contributed by atoms with E-state index >= 15 is 0 Å². The number of carbonyl (C=O) groups excluding carboxylic acids is 1. The van der Waals surface area contributed by atoms with Gasteiger partial charge in [0.25, 0.3) is 5.56 Å². The molecule has 0 saturated carbocycles. The monoisotopic (exact) mass is 466 g/mol. The van der Waals surface area contributed by atoms with Crippen molar-refractivity contribution in [3.8, 4) is 5.75 Å². The van der Waals surface area contributed by atoms with Gasteiger partial charge in [-0.3, -0.25) is 9.36 Å². The SMILES string of the molecule is CCOC(=O)C1=C(C)N=c2sc(=Cc3ccccc3O)c(=O)n2[C@H]1c1ccc(SC)cc1. The molecule has 1 atom stereocenters. The van der Waals surface area contributed by atoms with Crippen LogP contribution < -0.4 is 14.9 Å². The smallest absolute Gasteiger partial charge is 0.338 e. The number of ether oxygens (including phenoxy) is 1. The fraction of sp³-hybridized carbons (Fsp3) is 0.208. The molecule has 0 fully saturated rings. The highest BCUT2D eigenvalue weighted by Gasteiger charge is 2.33. The van der Waals surface area contributed by atoms with E-state index in [2.05, 4.69) is 4.99 Å². The van der Waals surface area contributed by atoms with E-state index in [1.165, 1.54) is 11.3 Å². The number of nitrogens with zero attached hydrogens (tertiary/aromatic N) is 2. The lowest BCUT2D eigenvalue weighted by molar-refractivity contribution is -0.139. The fourth-order valence-electron chi connectivity index (χ4n) is 3.64. The zero-order valence-corrected chi connectivity index (χ0v) is 19.5. The number of allylic oxidation sites excluding steroid dienone is 1. The summed E-state index contributed by atoms with van der Waals surface area (Å²) in [4.78, 5) is 32.5. The molecule has 4 rings (SSSR count). The normalized spacial score (nSPS) is 16.0. The van der Waals surface area contributed by atoms with E-state index in [0.717, 1.165) is 10.5 Å². The van der Waals surface area contributed by atoms with Crippen molar-refractivity contribution in [2.45, 2.75) is 24.8 Å². The molecule has 3 aromatic rings. The van der Waals surface area contributed by atoms with Crippen LogP contribution in [0.15, 0.2) is 74.5 Å². The number of fused-ring (bicyclic) bond motifs is 1. The van der Waals surface area contributed by atoms with E-state index in [-0.39, 0.29) is 17.9 Å². The van der Waals surface area contributed by atoms with Crippen molar-refractivity contribution < 1.29 is 14.6 Å². The van der Waals surface area contributed by atoms with Gasteiger partial charge in [0, 0.05) is 10.5 Å². The first-order valence-corrected chi connectivity index (χ1v) is 12.1. The predicted molar refractivity (Wildman–Crippen MR) is 127 cm³/mol. The fourth-order valence-corrected chi connectivity index (χ4v) is 5.09. The first-order chi connectivity index (χ1) is 15.4. The van der Waals surface area contributed by atoms with Crippen LogP contribution in [-0.4, -0.2) is 28.5 Å². The highest BCUT2D eigenvalue weighted by atomic mass is 32.2. The Morgan fingerprint density at radius 1 is 1.25 bits per heavy atom. The van der Waals surface area contributed by atoms with Crippen LogP contribution in [0.4, 0.5) is 0 Å². The molecule has 0 bridgehead atoms. The molecule has 1 aliphatic rings. The van der Waals surface area contributed by atoms with Crippen LogP contribution in [0.3, 0.4) is 0 Å². The van der Waals surface area contributed by atoms with E-state index in [4.69, 9.17) is 4.74 Å². The first-order valence-electron chi connectivity index (χ1n) is 10.1. The summed E-state index contributed by atoms with van der Waals surface area (Å²) in [5.41, 5.74) is 1.95. The van der Waals surface area contributed by atoms with Crippen LogP contribution in [-0.2, 0) is 9.53 Å². The standard InChI is InChI=1S/C24H22N2O4S2/c1-4-30-23(29)20-14(2)25-24-26(21(20)15-9-11-17(31-3)12-10-15)22(28)19(32-24)13-16-7-5-6-8-18(16)27/h5-13,21,27H,4H2,1-3H3/t21-/m0/s1. The number of aromatic nitrogens is 1. The van der Waals surface area contributed by atoms with Gasteiger partial charge in [0.2, 0.25) is 0 Å². The van der Waals surface area contributed by atoms with Crippen LogP contribution >= 0.6 is 23.1 Å². The molecule has 1 aromatic heterocycles. The average molecular weight is 467 g/mol. The van der Waals surface area contributed by atoms with Gasteiger partial charge in [-0.25, -0.2) is 9.79 Å². The van der Waals surface area contributed by atoms with E-state index in [9.17, 15) is 14.7 Å². The quantitative estimate of drug-likeness (QED) is 0.461. The minimum atomic E-state index is -0.646. The van der Waals surface area contributed by atoms with Gasteiger partial charge < -0.3 is 9.84 Å². The number of hydrogen-bond acceptors (Lipinski definition) is 7. The maximum atomic E-state index is 13.5. The lowest BCUT2D eigenvalue weighted by atomic mass is 9.96. The number of hydrogen-bond donors (Lipinski definition) is 1. The van der Waals surface area contributed by atoms with Crippen molar-refractivity contribution in [2.24, 2.45) is 4.99 Å². The van der Waals surface area contributed by atoms with Crippen LogP contribution in [0.5, 0.6) is 5.75 Å². The summed E-state index contributed by atoms with van der Waals surface area (Å²) in [6.07, 6.45) is 3.64. The lowest BCUT2D eigenvalue weighted by Gasteiger charge is -2.24. The second-order valence-electron chi connectivity index (χ2n) is 7.13. The number of para-hydroxylation sites is 1. The summed E-state index contributed by atoms with van der Waals surface area (Å²) < 4.78 is 7.28. The van der Waals surface area contributed by atoms with Crippen LogP contribution in [0, 0.1) is 0 Å². The highest BCUT2D eigenvalue weighted by molar-refractivity contribution is 7.98. The lowest BCUT2D eigenvalue weighted by Crippen LogP contribution is -2.39. The Labute approximate surface area is 193 Å². The maximum Gasteiger partial charge on any atom is 0.338 e. The first kappa shape index (κ1) is 22.1. The molecule has 0 saturated heterocycles. The van der Waals surface area contributed by atoms with Gasteiger partial charge in [0.1, 0.15) is 5.75 Å². The van der Waals surface area contributed by atoms with Crippen molar-refractivity contribution in [3.63, 3.8) is 0 Å². The highest BCUT2D eigenvalue weighted by Crippen LogP contribution is 2.31. The maximum absolute atomic E-state index is 13.5. The number of esters is 1. The van der Waals surface area contributed by atoms with Gasteiger partial charge in [0.05, 0.1) is 28.5 Å². The Morgan fingerprint density at radius 2 is 1.97 bits per heavy atom. The zero-order valence-electron chi connectivity index (χ0n) is 17.9. The Hall–Kier alpha value is -3.10. The molecular formula is C24H22N2O4S2. The molecule has 2 aromatic carbocycles. The minimum Gasteiger partial charge on any atom is -0.507 e. The summed E-state index contributed by atoms with van der Waals surface area (Å²) in [5, 5.41) is 10.1. The van der Waals surface area contributed by atoms with Crippen molar-refractivity contribution in [1.29, 1.82) is 0 Å². The van der Waals surface area contributed by atoms with E-state index in [1.54, 1.807) is 60.5 Å². The van der Waals surface area contributed by atoms with Gasteiger partial charge in [-0.1, -0.05) is 41.7 Å². The number of carbonyl (C=O) groups is 1. The van der Waals surface area contributed by atoms with Crippen LogP contribution in [0.2, 0.25) is 0 Å². The Morgan fingerprint density at radius 3 is 2.62 bits per heavy atom. The number of thiazole rings is 1. The third-order valence-corrected chi connectivity index (χ3v) is 6.90. The molecule has 1 N–H and O–H groups in total. The molecule has 0 radical (unpaired) electrons. The molecule has 2 heterocycles. The number of phenolic OH excluding ortho intramolecular Hbond substituents is 1. The summed E-state index contributed by atoms with van der Waals surface area (Å²) in [6, 6.07) is 14.0. The van der Waals surface area contributed by atoms with Crippen LogP contribution in [0.1, 0.15) is 31.0 Å². The molecule has 6 nitrogen and oxygen atoms in total. The molecule has 0 unspecified atom stereocenters. The van der Waals surface area contributed by atoms with Gasteiger partial charge in [-0.15, -0.1) is 11.8 Å². The molecule has 164 valence electrons. The van der Waals surface area contributed by atoms with Crippen LogP contribution in [0.25, 0.3) is 6.08 Å². The van der Waals surface area contributed by atoms with Gasteiger partial charge in [0.15, 0.2) is 4.80 Å². The molecule has 0 amide bonds. The predicted octanol–water partition coefficient (Wildman–Crippen LogP) is 3.23. The van der Waals surface area contributed by atoms with E-state index in [1.807, 2.05) is 30.5 Å². The summed E-state index contributed by atoms with van der Waals surface area (Å²) in [6.45, 7) is 3.73. The third kappa shape index (κ3) is 4.03. The number of benzene rings is 2. The molecule has 8 heteroatoms. The Balaban J connectivity index is 1.96. The number of thioether (sulfide) groups is 1. The van der Waals surface area contributed by atoms with E-state index < -0.39 is 12.0 Å². The zero-order chi connectivity index (χ0) is 22.8. The van der Waals surface area contributed by atoms with Crippen molar-refractivity contribution in [3.05, 3.63) is 90.6 Å². The van der Waals surface area contributed by atoms with Crippen molar-refractivity contribution >= 4 is 35.1 Å². The number of rotatable bonds is 5. The number of aromatic hydroxyl groups is 1. The van der Waals surface area contributed by atoms with Gasteiger partial charge in [-0.2, -0.15) is 0 Å². The second kappa shape index (κ2) is 9.18. The molecule has 1 aliphatic heterocycles. The Kier molecular flexibility index (Phi) is 6.34. The second-order valence-corrected chi connectivity index (χ2v) is 9.02. The van der Waals surface area contributed by atoms with Gasteiger partial charge >= 0.3 is 5.97 Å². The summed E-state index contributed by atoms with van der Waals surface area (Å²) in [7, 11) is 0. The molecule has 0 aliphatic carbocycles. The minimum absolute atomic E-state index is 0.0888. The van der Waals surface area contributed by atoms with Gasteiger partial charge in [-0.05, 0) is 49.9 Å². The molecule has 32 heavy (non-hydrogen) atoms. The van der Waals surface area contributed by atoms with Crippen molar-refractivity contribution in [2.75, 3.05) is 12.9 Å². The average Bonchev–Trinajstić information content (AvgIpc) is 3.09. The molecule has 0 spiro atoms. The summed E-state index contributed by atoms with van der Waals surface area (Å²) >= 11 is 2.85. The van der Waals surface area contributed by atoms with E-state index in [0.29, 0.717) is 26.2 Å². The third-order valence-electron chi connectivity index (χ3n) is 5.17.